The number of ether oxygens (including phenoxy) is 1. The number of carboxylic acid groups (broad SMARTS) is 1. The molecule has 1 aliphatic carbocycles. The smallest absolute Gasteiger partial charge is 0.407 e. The predicted octanol–water partition coefficient (Wildman–Crippen LogP) is 3.16. The second kappa shape index (κ2) is 10.9. The number of amides is 2. The monoisotopic (exact) mass is 476 g/mol. The minimum Gasteiger partial charge on any atom is -0.481 e. The Kier molecular flexibility index (Phi) is 7.45. The number of benzene rings is 2. The lowest BCUT2D eigenvalue weighted by Crippen LogP contribution is -2.50. The lowest BCUT2D eigenvalue weighted by atomic mass is 9.98. The highest BCUT2D eigenvalue weighted by molar-refractivity contribution is 5.86. The van der Waals surface area contributed by atoms with Crippen LogP contribution in [-0.2, 0) is 20.9 Å². The number of aromatic nitrogens is 2. The number of rotatable bonds is 10. The van der Waals surface area contributed by atoms with Gasteiger partial charge in [-0.3, -0.25) is 9.59 Å². The molecule has 1 heterocycles. The molecule has 35 heavy (non-hydrogen) atoms. The Morgan fingerprint density at radius 3 is 2.31 bits per heavy atom. The van der Waals surface area contributed by atoms with Gasteiger partial charge in [0, 0.05) is 37.3 Å². The normalized spacial score (nSPS) is 13.9. The van der Waals surface area contributed by atoms with E-state index in [-0.39, 0.29) is 31.4 Å². The quantitative estimate of drug-likeness (QED) is 0.413. The molecule has 0 aliphatic heterocycles. The van der Waals surface area contributed by atoms with Crippen molar-refractivity contribution < 1.29 is 24.2 Å². The Hall–Kier alpha value is -4.14. The molecule has 0 bridgehead atoms. The second-order valence-electron chi connectivity index (χ2n) is 8.62. The highest BCUT2D eigenvalue weighted by Gasteiger charge is 2.30. The maximum Gasteiger partial charge on any atom is 0.407 e. The number of aliphatic carboxylic acids is 1. The first-order valence-electron chi connectivity index (χ1n) is 11.5. The van der Waals surface area contributed by atoms with Crippen molar-refractivity contribution in [2.45, 2.75) is 44.3 Å². The van der Waals surface area contributed by atoms with Gasteiger partial charge in [-0.1, -0.05) is 48.5 Å². The molecule has 9 heteroatoms. The third-order valence-electron chi connectivity index (χ3n) is 6.03. The number of nitrogens with zero attached hydrogens (tertiary/aromatic N) is 2. The van der Waals surface area contributed by atoms with Crippen molar-refractivity contribution in [1.29, 1.82) is 0 Å². The molecule has 0 radical (unpaired) electrons. The van der Waals surface area contributed by atoms with Crippen LogP contribution in [0.4, 0.5) is 4.79 Å². The molecule has 0 spiro atoms. The lowest BCUT2D eigenvalue weighted by Gasteiger charge is -2.22. The third-order valence-corrected chi connectivity index (χ3v) is 6.03. The van der Waals surface area contributed by atoms with Crippen LogP contribution in [0.15, 0.2) is 67.3 Å². The first kappa shape index (κ1) is 24.0. The highest BCUT2D eigenvalue weighted by Crippen LogP contribution is 2.44. The van der Waals surface area contributed by atoms with Gasteiger partial charge in [-0.15, -0.1) is 0 Å². The number of fused-ring (bicyclic) bond motifs is 3. The van der Waals surface area contributed by atoms with Crippen molar-refractivity contribution in [1.82, 2.24) is 20.2 Å². The fraction of sp³-hybridized carbons (Fsp3) is 0.308. The Labute approximate surface area is 203 Å². The van der Waals surface area contributed by atoms with Gasteiger partial charge >= 0.3 is 12.1 Å². The second-order valence-corrected chi connectivity index (χ2v) is 8.62. The molecule has 2 atom stereocenters. The van der Waals surface area contributed by atoms with Crippen molar-refractivity contribution >= 4 is 18.0 Å². The molecule has 3 aromatic rings. The Morgan fingerprint density at radius 2 is 1.71 bits per heavy atom. The van der Waals surface area contributed by atoms with E-state index in [1.807, 2.05) is 60.0 Å². The summed E-state index contributed by atoms with van der Waals surface area (Å²) in [5, 5.41) is 14.5. The molecule has 0 fully saturated rings. The number of carbonyl (C=O) groups is 3. The molecule has 0 saturated carbocycles. The number of nitrogens with one attached hydrogen (secondary N) is 2. The van der Waals surface area contributed by atoms with Crippen molar-refractivity contribution in [2.75, 3.05) is 6.61 Å². The fourth-order valence-corrected chi connectivity index (χ4v) is 4.42. The fourth-order valence-electron chi connectivity index (χ4n) is 4.42. The van der Waals surface area contributed by atoms with Crippen LogP contribution in [0.1, 0.15) is 36.8 Å². The molecule has 0 saturated heterocycles. The number of hydrogen-bond donors (Lipinski definition) is 3. The van der Waals surface area contributed by atoms with E-state index in [2.05, 4.69) is 15.6 Å². The summed E-state index contributed by atoms with van der Waals surface area (Å²) in [5.74, 6) is -1.63. The van der Waals surface area contributed by atoms with Crippen LogP contribution in [-0.4, -0.2) is 51.3 Å². The summed E-state index contributed by atoms with van der Waals surface area (Å²) in [4.78, 5) is 40.5. The number of carbonyl (C=O) groups excluding carboxylic acids is 2. The van der Waals surface area contributed by atoms with Gasteiger partial charge in [0.2, 0.25) is 5.91 Å². The van der Waals surface area contributed by atoms with E-state index in [0.29, 0.717) is 6.54 Å². The van der Waals surface area contributed by atoms with E-state index < -0.39 is 24.0 Å². The molecule has 2 amide bonds. The number of carboxylic acids is 1. The van der Waals surface area contributed by atoms with Gasteiger partial charge in [0.05, 0.1) is 6.33 Å². The number of hydrogen-bond acceptors (Lipinski definition) is 5. The zero-order valence-electron chi connectivity index (χ0n) is 19.4. The van der Waals surface area contributed by atoms with Gasteiger partial charge in [-0.25, -0.2) is 9.78 Å². The molecule has 4 rings (SSSR count). The van der Waals surface area contributed by atoms with Gasteiger partial charge in [-0.2, -0.15) is 0 Å². The largest absolute Gasteiger partial charge is 0.481 e. The Bertz CT molecular complexity index is 1150. The van der Waals surface area contributed by atoms with Gasteiger partial charge in [-0.05, 0) is 35.6 Å². The van der Waals surface area contributed by atoms with Crippen LogP contribution in [0.5, 0.6) is 0 Å². The first-order valence-corrected chi connectivity index (χ1v) is 11.5. The van der Waals surface area contributed by atoms with E-state index in [0.717, 1.165) is 22.3 Å². The average molecular weight is 477 g/mol. The maximum absolute atomic E-state index is 12.8. The molecule has 3 N–H and O–H groups in total. The lowest BCUT2D eigenvalue weighted by molar-refractivity contribution is -0.137. The van der Waals surface area contributed by atoms with Crippen molar-refractivity contribution in [3.05, 3.63) is 78.4 Å². The summed E-state index contributed by atoms with van der Waals surface area (Å²) in [7, 11) is 0. The zero-order chi connectivity index (χ0) is 24.8. The van der Waals surface area contributed by atoms with Crippen molar-refractivity contribution in [3.63, 3.8) is 0 Å². The highest BCUT2D eigenvalue weighted by atomic mass is 16.5. The van der Waals surface area contributed by atoms with E-state index in [1.165, 1.54) is 0 Å². The molecule has 182 valence electrons. The van der Waals surface area contributed by atoms with Crippen LogP contribution < -0.4 is 10.6 Å². The minimum absolute atomic E-state index is 0.0524. The summed E-state index contributed by atoms with van der Waals surface area (Å²) in [6, 6.07) is 14.7. The molecular formula is C26H28N4O5. The summed E-state index contributed by atoms with van der Waals surface area (Å²) in [6.45, 7) is 2.41. The van der Waals surface area contributed by atoms with Gasteiger partial charge in [0.25, 0.3) is 0 Å². The van der Waals surface area contributed by atoms with Gasteiger partial charge in [0.15, 0.2) is 0 Å². The van der Waals surface area contributed by atoms with Crippen LogP contribution in [0.2, 0.25) is 0 Å². The van der Waals surface area contributed by atoms with Gasteiger partial charge < -0.3 is 25.0 Å². The Balaban J connectivity index is 1.38. The standard InChI is InChI=1S/C26H28N4O5/c1-17(14-30-13-12-27-16-30)28-25(33)23(10-11-24(31)32)29-26(34)35-15-22-20-8-4-2-6-18(20)19-7-3-5-9-21(19)22/h2-9,12-13,16-17,22-23H,10-11,14-15H2,1H3,(H,28,33)(H,29,34)(H,31,32). The van der Waals surface area contributed by atoms with Crippen molar-refractivity contribution in [3.8, 4) is 11.1 Å². The molecule has 1 aliphatic rings. The SMILES string of the molecule is CC(Cn1ccnc1)NC(=O)C(CCC(=O)O)NC(=O)OCC1c2ccccc2-c2ccccc21. The Morgan fingerprint density at radius 1 is 1.06 bits per heavy atom. The summed E-state index contributed by atoms with van der Waals surface area (Å²) < 4.78 is 7.34. The third kappa shape index (κ3) is 5.87. The van der Waals surface area contributed by atoms with E-state index in [4.69, 9.17) is 9.84 Å². The average Bonchev–Trinajstić information content (AvgIpc) is 3.46. The van der Waals surface area contributed by atoms with E-state index in [9.17, 15) is 14.4 Å². The zero-order valence-corrected chi connectivity index (χ0v) is 19.4. The first-order chi connectivity index (χ1) is 16.9. The van der Waals surface area contributed by atoms with Crippen LogP contribution in [0.3, 0.4) is 0 Å². The van der Waals surface area contributed by atoms with Crippen LogP contribution in [0.25, 0.3) is 11.1 Å². The maximum atomic E-state index is 12.8. The molecule has 1 aromatic heterocycles. The summed E-state index contributed by atoms with van der Waals surface area (Å²) in [5.41, 5.74) is 4.38. The number of imidazole rings is 1. The minimum atomic E-state index is -1.05. The summed E-state index contributed by atoms with van der Waals surface area (Å²) >= 11 is 0. The predicted molar refractivity (Wildman–Crippen MR) is 129 cm³/mol. The summed E-state index contributed by atoms with van der Waals surface area (Å²) in [6.07, 6.45) is 3.97. The number of alkyl carbamates (subject to hydrolysis) is 1. The molecule has 2 aromatic carbocycles. The van der Waals surface area contributed by atoms with Crippen molar-refractivity contribution in [2.24, 2.45) is 0 Å². The van der Waals surface area contributed by atoms with Gasteiger partial charge in [0.1, 0.15) is 12.6 Å². The molecule has 2 unspecified atom stereocenters. The topological polar surface area (TPSA) is 123 Å². The molecule has 9 nitrogen and oxygen atoms in total. The molecular weight excluding hydrogens is 448 g/mol. The van der Waals surface area contributed by atoms with E-state index in [1.54, 1.807) is 18.7 Å². The van der Waals surface area contributed by atoms with E-state index >= 15 is 0 Å². The van der Waals surface area contributed by atoms with Crippen LogP contribution >= 0.6 is 0 Å². The van der Waals surface area contributed by atoms with Crippen LogP contribution in [0, 0.1) is 0 Å².